The lowest BCUT2D eigenvalue weighted by atomic mass is 10.1. The van der Waals surface area contributed by atoms with E-state index < -0.39 is 17.7 Å². The Hall–Kier alpha value is -6.76. The molecule has 1 aliphatic rings. The Morgan fingerprint density at radius 3 is 1.97 bits per heavy atom. The Kier molecular flexibility index (Phi) is 11.9. The zero-order valence-corrected chi connectivity index (χ0v) is 34.7. The van der Waals surface area contributed by atoms with Crippen LogP contribution in [0.15, 0.2) is 36.4 Å². The van der Waals surface area contributed by atoms with Gasteiger partial charge >= 0.3 is 0 Å². The van der Waals surface area contributed by atoms with E-state index in [1.54, 1.807) is 52.9 Å². The summed E-state index contributed by atoms with van der Waals surface area (Å²) < 4.78 is 18.7. The van der Waals surface area contributed by atoms with E-state index in [0.29, 0.717) is 122 Å². The summed E-state index contributed by atoms with van der Waals surface area (Å²) in [6.07, 6.45) is 2.43. The smallest absolute Gasteiger partial charge is 0.276 e. The van der Waals surface area contributed by atoms with Crippen LogP contribution in [0.5, 0.6) is 5.75 Å². The van der Waals surface area contributed by atoms with Crippen molar-refractivity contribution < 1.29 is 28.7 Å². The standard InChI is InChI=1S/C41H51N13O6/c1-7-52-31(17-23(3)48-52)38(57)46-40-44-29-20-26(37(43)56)22-33(60-16-10-15-59-6)35(29)51(40)13-9-11-27-12-14-50(5)30-21-25(36(42)55)19-28-34(30)54(27)41(45-28)47-39(58)32-18-24(4)49-53(32)8-2/h17-22,27H,7-16H2,1-6H3,(H2,42,55)(H2,43,56)(H,44,46,57)(H,45,47,58)/t27-/m0/s1. The quantitative estimate of drug-likeness (QED) is 0.0940. The molecule has 6 N–H and O–H groups in total. The molecule has 2 aromatic carbocycles. The van der Waals surface area contributed by atoms with Crippen LogP contribution in [0.3, 0.4) is 0 Å². The normalized spacial score (nSPS) is 13.8. The third-order valence-electron chi connectivity index (χ3n) is 10.7. The molecule has 60 heavy (non-hydrogen) atoms. The lowest BCUT2D eigenvalue weighted by molar-refractivity contribution is 0.0992. The molecule has 316 valence electrons. The van der Waals surface area contributed by atoms with E-state index in [0.717, 1.165) is 11.2 Å². The highest BCUT2D eigenvalue weighted by atomic mass is 16.5. The fourth-order valence-electron chi connectivity index (χ4n) is 7.89. The van der Waals surface area contributed by atoms with Crippen molar-refractivity contribution in [2.24, 2.45) is 11.5 Å². The first-order valence-electron chi connectivity index (χ1n) is 20.1. The number of rotatable bonds is 17. The SMILES string of the molecule is CCn1nc(C)cc1C(=O)Nc1nc2cc(C(N)=O)cc(OCCCOC)c2n1CCC[C@H]1CCN(C)c2cc(C(N)=O)cc3nc(NC(=O)c4cc(C)nn4CC)n1c23. The number of aromatic nitrogens is 8. The van der Waals surface area contributed by atoms with Crippen LogP contribution in [0, 0.1) is 13.8 Å². The Balaban J connectivity index is 1.28. The summed E-state index contributed by atoms with van der Waals surface area (Å²) >= 11 is 0. The van der Waals surface area contributed by atoms with Gasteiger partial charge in [0.2, 0.25) is 23.7 Å². The minimum Gasteiger partial charge on any atom is -0.491 e. The molecule has 0 saturated heterocycles. The molecule has 0 unspecified atom stereocenters. The van der Waals surface area contributed by atoms with E-state index >= 15 is 0 Å². The molecule has 0 spiro atoms. The molecule has 0 radical (unpaired) electrons. The molecular formula is C41H51N13O6. The molecule has 0 aliphatic carbocycles. The van der Waals surface area contributed by atoms with Gasteiger partial charge in [0, 0.05) is 70.5 Å². The number of nitrogens with two attached hydrogens (primary N) is 2. The van der Waals surface area contributed by atoms with E-state index in [1.165, 1.54) is 0 Å². The topological polar surface area (TPSA) is 237 Å². The number of nitrogens with zero attached hydrogens (tertiary/aromatic N) is 9. The second kappa shape index (κ2) is 17.2. The highest BCUT2D eigenvalue weighted by Gasteiger charge is 2.30. The molecule has 6 aromatic rings. The van der Waals surface area contributed by atoms with Crippen molar-refractivity contribution in [1.82, 2.24) is 38.7 Å². The van der Waals surface area contributed by atoms with Crippen LogP contribution in [-0.4, -0.2) is 96.2 Å². The zero-order valence-electron chi connectivity index (χ0n) is 34.7. The first kappa shape index (κ1) is 41.4. The van der Waals surface area contributed by atoms with E-state index in [9.17, 15) is 19.2 Å². The molecule has 1 aliphatic heterocycles. The van der Waals surface area contributed by atoms with E-state index in [2.05, 4.69) is 25.7 Å². The molecule has 0 bridgehead atoms. The highest BCUT2D eigenvalue weighted by Crippen LogP contribution is 2.40. The number of amides is 4. The number of carbonyl (C=O) groups excluding carboxylic acids is 4. The minimum absolute atomic E-state index is 0.174. The van der Waals surface area contributed by atoms with Crippen LogP contribution < -0.4 is 31.7 Å². The lowest BCUT2D eigenvalue weighted by Crippen LogP contribution is -2.22. The van der Waals surface area contributed by atoms with Crippen LogP contribution in [-0.2, 0) is 24.4 Å². The van der Waals surface area contributed by atoms with Crippen LogP contribution in [0.25, 0.3) is 22.1 Å². The molecular weight excluding hydrogens is 771 g/mol. The molecule has 19 heteroatoms. The predicted octanol–water partition coefficient (Wildman–Crippen LogP) is 4.41. The summed E-state index contributed by atoms with van der Waals surface area (Å²) in [5.74, 6) is -1.02. The number of methoxy groups -OCH3 is 1. The summed E-state index contributed by atoms with van der Waals surface area (Å²) in [5, 5.41) is 15.0. The van der Waals surface area contributed by atoms with Gasteiger partial charge < -0.3 is 35.0 Å². The maximum Gasteiger partial charge on any atom is 0.276 e. The molecule has 19 nitrogen and oxygen atoms in total. The summed E-state index contributed by atoms with van der Waals surface area (Å²) in [6, 6.07) is 9.88. The average molecular weight is 822 g/mol. The van der Waals surface area contributed by atoms with Crippen LogP contribution >= 0.6 is 0 Å². The maximum absolute atomic E-state index is 13.9. The number of primary amides is 2. The summed E-state index contributed by atoms with van der Waals surface area (Å²) in [7, 11) is 3.56. The molecule has 0 fully saturated rings. The molecule has 4 aromatic heterocycles. The predicted molar refractivity (Wildman–Crippen MR) is 226 cm³/mol. The number of ether oxygens (including phenoxy) is 2. The van der Waals surface area contributed by atoms with Crippen LogP contribution in [0.1, 0.15) is 98.7 Å². The van der Waals surface area contributed by atoms with Gasteiger partial charge in [-0.05, 0) is 83.4 Å². The lowest BCUT2D eigenvalue weighted by Gasteiger charge is -2.21. The van der Waals surface area contributed by atoms with Gasteiger partial charge in [-0.15, -0.1) is 0 Å². The molecule has 5 heterocycles. The molecule has 1 atom stereocenters. The fraction of sp³-hybridized carbons (Fsp3) is 0.415. The van der Waals surface area contributed by atoms with Gasteiger partial charge in [-0.2, -0.15) is 10.2 Å². The first-order valence-corrected chi connectivity index (χ1v) is 20.1. The first-order chi connectivity index (χ1) is 28.8. The second-order valence-electron chi connectivity index (χ2n) is 14.9. The summed E-state index contributed by atoms with van der Waals surface area (Å²) in [5.41, 5.74) is 17.3. The number of carbonyl (C=O) groups is 4. The molecule has 0 saturated carbocycles. The van der Waals surface area contributed by atoms with Crippen LogP contribution in [0.4, 0.5) is 17.6 Å². The van der Waals surface area contributed by atoms with Gasteiger partial charge in [0.25, 0.3) is 11.8 Å². The Labute approximate surface area is 346 Å². The summed E-state index contributed by atoms with van der Waals surface area (Å²) in [6.45, 7) is 10.2. The molecule has 7 rings (SSSR count). The number of nitrogens with one attached hydrogen (secondary N) is 2. The van der Waals surface area contributed by atoms with Crippen LogP contribution in [0.2, 0.25) is 0 Å². The van der Waals surface area contributed by atoms with Crippen molar-refractivity contribution in [2.75, 3.05) is 49.4 Å². The van der Waals surface area contributed by atoms with Crippen molar-refractivity contribution >= 4 is 63.3 Å². The van der Waals surface area contributed by atoms with E-state index in [1.807, 2.05) is 43.9 Å². The van der Waals surface area contributed by atoms with Crippen molar-refractivity contribution in [3.63, 3.8) is 0 Å². The largest absolute Gasteiger partial charge is 0.491 e. The van der Waals surface area contributed by atoms with Gasteiger partial charge in [-0.25, -0.2) is 9.97 Å². The van der Waals surface area contributed by atoms with Crippen molar-refractivity contribution in [1.29, 1.82) is 0 Å². The Morgan fingerprint density at radius 2 is 1.37 bits per heavy atom. The third-order valence-corrected chi connectivity index (χ3v) is 10.7. The van der Waals surface area contributed by atoms with Crippen molar-refractivity contribution in [2.45, 2.75) is 79.1 Å². The second-order valence-corrected chi connectivity index (χ2v) is 14.9. The van der Waals surface area contributed by atoms with Gasteiger partial charge in [0.15, 0.2) is 0 Å². The monoisotopic (exact) mass is 821 g/mol. The Morgan fingerprint density at radius 1 is 0.783 bits per heavy atom. The van der Waals surface area contributed by atoms with Crippen molar-refractivity contribution in [3.8, 4) is 5.75 Å². The van der Waals surface area contributed by atoms with Gasteiger partial charge in [0.05, 0.1) is 40.2 Å². The number of benzene rings is 2. The third kappa shape index (κ3) is 8.12. The number of hydrogen-bond donors (Lipinski definition) is 4. The zero-order chi connectivity index (χ0) is 42.8. The number of anilines is 3. The molecule has 4 amide bonds. The van der Waals surface area contributed by atoms with Crippen molar-refractivity contribution in [3.05, 3.63) is 70.3 Å². The maximum atomic E-state index is 13.9. The number of imidazole rings is 2. The van der Waals surface area contributed by atoms with Gasteiger partial charge in [-0.3, -0.25) is 39.2 Å². The Bertz CT molecular complexity index is 2620. The van der Waals surface area contributed by atoms with E-state index in [4.69, 9.17) is 30.9 Å². The average Bonchev–Trinajstić information content (AvgIpc) is 3.97. The summed E-state index contributed by atoms with van der Waals surface area (Å²) in [4.78, 5) is 64.4. The minimum atomic E-state index is -0.647. The fourth-order valence-corrected chi connectivity index (χ4v) is 7.89. The van der Waals surface area contributed by atoms with Gasteiger partial charge in [0.1, 0.15) is 22.7 Å². The number of fused-ring (bicyclic) bond motifs is 1. The van der Waals surface area contributed by atoms with E-state index in [-0.39, 0.29) is 23.5 Å². The van der Waals surface area contributed by atoms with Gasteiger partial charge in [-0.1, -0.05) is 0 Å². The number of hydrogen-bond acceptors (Lipinski definition) is 11. The number of aryl methyl sites for hydroxylation is 5. The highest BCUT2D eigenvalue weighted by molar-refractivity contribution is 6.06.